The molecule has 1 aliphatic carbocycles. The summed E-state index contributed by atoms with van der Waals surface area (Å²) in [6.07, 6.45) is 5.70. The molecule has 102 valence electrons. The number of benzene rings is 1. The van der Waals surface area contributed by atoms with Crippen LogP contribution in [0, 0.1) is 11.8 Å². The first kappa shape index (κ1) is 11.7. The van der Waals surface area contributed by atoms with Crippen molar-refractivity contribution in [3.05, 3.63) is 30.5 Å². The molecule has 4 rings (SSSR count). The van der Waals surface area contributed by atoms with E-state index in [2.05, 4.69) is 4.98 Å². The Balaban J connectivity index is 1.76. The van der Waals surface area contributed by atoms with Gasteiger partial charge in [0.15, 0.2) is 0 Å². The summed E-state index contributed by atoms with van der Waals surface area (Å²) in [5.74, 6) is -0.180. The second-order valence-electron chi connectivity index (χ2n) is 5.76. The predicted molar refractivity (Wildman–Crippen MR) is 76.2 cm³/mol. The van der Waals surface area contributed by atoms with Crippen LogP contribution in [0.4, 0.5) is 5.69 Å². The van der Waals surface area contributed by atoms with Gasteiger partial charge in [-0.25, -0.2) is 0 Å². The molecule has 1 N–H and O–H groups in total. The number of H-pyrrole nitrogens is 1. The topological polar surface area (TPSA) is 53.2 Å². The molecule has 0 radical (unpaired) electrons. The molecule has 1 saturated carbocycles. The molecule has 2 aliphatic rings. The standard InChI is InChI=1S/C16H16N2O2/c19-15-12-3-1-2-4-13(12)16(20)18(15)11-5-6-14-10(9-11)7-8-17-14/h5-9,12-13,17H,1-4H2. The highest BCUT2D eigenvalue weighted by Crippen LogP contribution is 2.40. The van der Waals surface area contributed by atoms with E-state index >= 15 is 0 Å². The molecule has 20 heavy (non-hydrogen) atoms. The molecule has 2 fully saturated rings. The molecule has 2 aromatic rings. The van der Waals surface area contributed by atoms with E-state index in [1.165, 1.54) is 4.90 Å². The number of aromatic amines is 1. The van der Waals surface area contributed by atoms with Crippen molar-refractivity contribution in [2.24, 2.45) is 11.8 Å². The molecule has 1 aliphatic heterocycles. The maximum atomic E-state index is 12.5. The average Bonchev–Trinajstić information content (AvgIpc) is 3.03. The third-order valence-electron chi connectivity index (χ3n) is 4.64. The molecular weight excluding hydrogens is 252 g/mol. The van der Waals surface area contributed by atoms with Gasteiger partial charge in [0.2, 0.25) is 11.8 Å². The Kier molecular flexibility index (Phi) is 2.46. The lowest BCUT2D eigenvalue weighted by Gasteiger charge is -2.19. The van der Waals surface area contributed by atoms with Gasteiger partial charge in [-0.15, -0.1) is 0 Å². The molecule has 0 bridgehead atoms. The van der Waals surface area contributed by atoms with Crippen LogP contribution in [-0.4, -0.2) is 16.8 Å². The summed E-state index contributed by atoms with van der Waals surface area (Å²) in [5.41, 5.74) is 1.73. The van der Waals surface area contributed by atoms with Crippen molar-refractivity contribution >= 4 is 28.4 Å². The third-order valence-corrected chi connectivity index (χ3v) is 4.64. The van der Waals surface area contributed by atoms with Crippen LogP contribution in [0.3, 0.4) is 0 Å². The number of hydrogen-bond acceptors (Lipinski definition) is 2. The number of hydrogen-bond donors (Lipinski definition) is 1. The van der Waals surface area contributed by atoms with Gasteiger partial charge >= 0.3 is 0 Å². The lowest BCUT2D eigenvalue weighted by molar-refractivity contribution is -0.122. The quantitative estimate of drug-likeness (QED) is 0.808. The van der Waals surface area contributed by atoms with Gasteiger partial charge in [0.05, 0.1) is 17.5 Å². The maximum Gasteiger partial charge on any atom is 0.237 e. The first-order chi connectivity index (χ1) is 9.75. The fraction of sp³-hybridized carbons (Fsp3) is 0.375. The Morgan fingerprint density at radius 1 is 1.00 bits per heavy atom. The Morgan fingerprint density at radius 3 is 2.40 bits per heavy atom. The zero-order valence-electron chi connectivity index (χ0n) is 11.1. The van der Waals surface area contributed by atoms with Crippen LogP contribution in [-0.2, 0) is 9.59 Å². The van der Waals surface area contributed by atoms with Crippen LogP contribution >= 0.6 is 0 Å². The van der Waals surface area contributed by atoms with E-state index in [1.807, 2.05) is 30.5 Å². The van der Waals surface area contributed by atoms with Crippen LogP contribution in [0.25, 0.3) is 10.9 Å². The van der Waals surface area contributed by atoms with E-state index in [1.54, 1.807) is 0 Å². The average molecular weight is 268 g/mol. The van der Waals surface area contributed by atoms with Crippen molar-refractivity contribution in [3.63, 3.8) is 0 Å². The maximum absolute atomic E-state index is 12.5. The van der Waals surface area contributed by atoms with Crippen molar-refractivity contribution in [3.8, 4) is 0 Å². The monoisotopic (exact) mass is 268 g/mol. The normalized spacial score (nSPS) is 26.3. The van der Waals surface area contributed by atoms with Gasteiger partial charge in [0.25, 0.3) is 0 Å². The third kappa shape index (κ3) is 1.54. The molecule has 2 unspecified atom stereocenters. The van der Waals surface area contributed by atoms with Crippen molar-refractivity contribution in [2.75, 3.05) is 4.90 Å². The minimum Gasteiger partial charge on any atom is -0.361 e. The van der Waals surface area contributed by atoms with Crippen molar-refractivity contribution in [2.45, 2.75) is 25.7 Å². The number of carbonyl (C=O) groups excluding carboxylic acids is 2. The Bertz CT molecular complexity index is 679. The largest absolute Gasteiger partial charge is 0.361 e. The SMILES string of the molecule is O=C1C2CCCCC2C(=O)N1c1ccc2[nH]ccc2c1. The highest BCUT2D eigenvalue weighted by atomic mass is 16.2. The lowest BCUT2D eigenvalue weighted by Crippen LogP contribution is -2.30. The van der Waals surface area contributed by atoms with E-state index < -0.39 is 0 Å². The van der Waals surface area contributed by atoms with E-state index in [9.17, 15) is 9.59 Å². The first-order valence-electron chi connectivity index (χ1n) is 7.20. The molecule has 4 heteroatoms. The minimum absolute atomic E-state index is 0.00501. The van der Waals surface area contributed by atoms with Crippen LogP contribution in [0.1, 0.15) is 25.7 Å². The van der Waals surface area contributed by atoms with Gasteiger partial charge in [0, 0.05) is 17.1 Å². The number of rotatable bonds is 1. The van der Waals surface area contributed by atoms with Crippen molar-refractivity contribution < 1.29 is 9.59 Å². The van der Waals surface area contributed by atoms with Crippen LogP contribution in [0.15, 0.2) is 30.5 Å². The molecule has 1 aromatic carbocycles. The predicted octanol–water partition coefficient (Wildman–Crippen LogP) is 2.85. The molecular formula is C16H16N2O2. The summed E-state index contributed by atoms with van der Waals surface area (Å²) in [7, 11) is 0. The molecule has 1 saturated heterocycles. The molecule has 2 heterocycles. The van der Waals surface area contributed by atoms with Gasteiger partial charge in [-0.1, -0.05) is 12.8 Å². The van der Waals surface area contributed by atoms with Crippen LogP contribution < -0.4 is 4.90 Å². The summed E-state index contributed by atoms with van der Waals surface area (Å²) in [5, 5.41) is 1.03. The summed E-state index contributed by atoms with van der Waals surface area (Å²) in [6.45, 7) is 0. The Hall–Kier alpha value is -2.10. The van der Waals surface area contributed by atoms with Crippen LogP contribution in [0.5, 0.6) is 0 Å². The highest BCUT2D eigenvalue weighted by Gasteiger charge is 2.48. The smallest absolute Gasteiger partial charge is 0.237 e. The summed E-state index contributed by atoms with van der Waals surface area (Å²) in [4.78, 5) is 29.6. The van der Waals surface area contributed by atoms with Crippen molar-refractivity contribution in [1.82, 2.24) is 4.98 Å². The molecule has 2 amide bonds. The van der Waals surface area contributed by atoms with E-state index in [4.69, 9.17) is 0 Å². The number of amides is 2. The van der Waals surface area contributed by atoms with Gasteiger partial charge in [-0.2, -0.15) is 0 Å². The number of carbonyl (C=O) groups is 2. The number of nitrogens with zero attached hydrogens (tertiary/aromatic N) is 1. The Labute approximate surface area is 116 Å². The number of nitrogens with one attached hydrogen (secondary N) is 1. The minimum atomic E-state index is -0.0850. The van der Waals surface area contributed by atoms with Gasteiger partial charge < -0.3 is 4.98 Å². The second-order valence-corrected chi connectivity index (χ2v) is 5.76. The summed E-state index contributed by atoms with van der Waals surface area (Å²) < 4.78 is 0. The van der Waals surface area contributed by atoms with E-state index in [-0.39, 0.29) is 23.7 Å². The molecule has 1 aromatic heterocycles. The fourth-order valence-electron chi connectivity index (χ4n) is 3.60. The molecule has 2 atom stereocenters. The van der Waals surface area contributed by atoms with Crippen LogP contribution in [0.2, 0.25) is 0 Å². The van der Waals surface area contributed by atoms with Gasteiger partial charge in [0.1, 0.15) is 0 Å². The van der Waals surface area contributed by atoms with Gasteiger partial charge in [-0.3, -0.25) is 14.5 Å². The van der Waals surface area contributed by atoms with E-state index in [0.29, 0.717) is 5.69 Å². The fourth-order valence-corrected chi connectivity index (χ4v) is 3.60. The zero-order valence-corrected chi connectivity index (χ0v) is 11.1. The lowest BCUT2D eigenvalue weighted by atomic mass is 9.81. The number of anilines is 1. The molecule has 4 nitrogen and oxygen atoms in total. The van der Waals surface area contributed by atoms with Crippen molar-refractivity contribution in [1.29, 1.82) is 0 Å². The summed E-state index contributed by atoms with van der Waals surface area (Å²) in [6, 6.07) is 7.65. The second kappa shape index (κ2) is 4.20. The summed E-state index contributed by atoms with van der Waals surface area (Å²) >= 11 is 0. The number of imide groups is 1. The number of fused-ring (bicyclic) bond motifs is 2. The highest BCUT2D eigenvalue weighted by molar-refractivity contribution is 6.22. The van der Waals surface area contributed by atoms with E-state index in [0.717, 1.165) is 36.6 Å². The number of aromatic nitrogens is 1. The Morgan fingerprint density at radius 2 is 1.70 bits per heavy atom. The van der Waals surface area contributed by atoms with Gasteiger partial charge in [-0.05, 0) is 37.1 Å². The first-order valence-corrected chi connectivity index (χ1v) is 7.20. The molecule has 0 spiro atoms. The zero-order chi connectivity index (χ0) is 13.7.